The molecule has 4 N–H and O–H groups in total. The molecular formula is C38H60N2O2. The standard InChI is InChI=1S/C38H60N2O2/c1-25(2)10-8-9-11-26(3)31-13-14-32-30-12-15-34-36(4,5)35(17-19-38(34,7)33(30)16-18-37(31,32)6)42-21-20-41-29-23-27(39)22-28(40)24-29/h10,15,22-24,26,30-33,35H,8-9,11-14,16-21,39-40H2,1-7H3. The van der Waals surface area contributed by atoms with Crippen LogP contribution in [0.2, 0.25) is 0 Å². The fourth-order valence-corrected chi connectivity index (χ4v) is 10.8. The van der Waals surface area contributed by atoms with Crippen LogP contribution in [-0.2, 0) is 4.74 Å². The van der Waals surface area contributed by atoms with Crippen molar-refractivity contribution in [2.45, 2.75) is 119 Å². The minimum Gasteiger partial charge on any atom is -0.491 e. The summed E-state index contributed by atoms with van der Waals surface area (Å²) in [5.41, 5.74) is 17.1. The molecule has 0 spiro atoms. The molecule has 42 heavy (non-hydrogen) atoms. The molecule has 8 unspecified atom stereocenters. The van der Waals surface area contributed by atoms with Gasteiger partial charge in [-0.15, -0.1) is 0 Å². The Hall–Kier alpha value is -1.94. The Labute approximate surface area is 257 Å². The van der Waals surface area contributed by atoms with Crippen LogP contribution in [0.1, 0.15) is 113 Å². The third kappa shape index (κ3) is 5.91. The lowest BCUT2D eigenvalue weighted by Crippen LogP contribution is -2.55. The molecule has 234 valence electrons. The summed E-state index contributed by atoms with van der Waals surface area (Å²) in [5.74, 6) is 5.03. The predicted molar refractivity (Wildman–Crippen MR) is 177 cm³/mol. The highest BCUT2D eigenvalue weighted by Crippen LogP contribution is 2.69. The number of rotatable bonds is 10. The Morgan fingerprint density at radius 3 is 2.40 bits per heavy atom. The second-order valence-corrected chi connectivity index (χ2v) is 15.9. The van der Waals surface area contributed by atoms with Gasteiger partial charge >= 0.3 is 0 Å². The van der Waals surface area contributed by atoms with Crippen molar-refractivity contribution in [2.24, 2.45) is 45.8 Å². The Morgan fingerprint density at radius 2 is 1.69 bits per heavy atom. The van der Waals surface area contributed by atoms with E-state index >= 15 is 0 Å². The van der Waals surface area contributed by atoms with Crippen LogP contribution in [0, 0.1) is 45.8 Å². The SMILES string of the molecule is CC(C)=CCCCC(C)C1CCC2C3CC=C4C(C)(C)C(OCCOc5cc(N)cc(N)c5)CCC4(C)C3CCC12C. The first kappa shape index (κ1) is 31.5. The van der Waals surface area contributed by atoms with E-state index in [1.807, 2.05) is 12.1 Å². The van der Waals surface area contributed by atoms with Crippen molar-refractivity contribution >= 4 is 11.4 Å². The van der Waals surface area contributed by atoms with E-state index in [1.165, 1.54) is 63.4 Å². The molecule has 1 aromatic rings. The molecule has 0 saturated heterocycles. The second-order valence-electron chi connectivity index (χ2n) is 15.9. The summed E-state index contributed by atoms with van der Waals surface area (Å²) in [7, 11) is 0. The van der Waals surface area contributed by atoms with Gasteiger partial charge in [0.15, 0.2) is 0 Å². The van der Waals surface area contributed by atoms with E-state index in [0.29, 0.717) is 41.2 Å². The molecule has 0 bridgehead atoms. The molecule has 1 aromatic carbocycles. The van der Waals surface area contributed by atoms with E-state index in [4.69, 9.17) is 20.9 Å². The van der Waals surface area contributed by atoms with E-state index in [-0.39, 0.29) is 11.5 Å². The van der Waals surface area contributed by atoms with Crippen LogP contribution in [0.25, 0.3) is 0 Å². The van der Waals surface area contributed by atoms with Gasteiger partial charge in [-0.2, -0.15) is 0 Å². The van der Waals surface area contributed by atoms with Gasteiger partial charge in [-0.25, -0.2) is 0 Å². The van der Waals surface area contributed by atoms with Crippen molar-refractivity contribution in [3.8, 4) is 5.75 Å². The minimum atomic E-state index is 0.0400. The van der Waals surface area contributed by atoms with E-state index in [9.17, 15) is 0 Å². The molecule has 3 saturated carbocycles. The van der Waals surface area contributed by atoms with Crippen molar-refractivity contribution < 1.29 is 9.47 Å². The van der Waals surface area contributed by atoms with Gasteiger partial charge in [-0.3, -0.25) is 0 Å². The van der Waals surface area contributed by atoms with Gasteiger partial charge in [0.25, 0.3) is 0 Å². The van der Waals surface area contributed by atoms with Crippen LogP contribution in [0.15, 0.2) is 41.5 Å². The van der Waals surface area contributed by atoms with Crippen molar-refractivity contribution in [3.05, 3.63) is 41.5 Å². The molecular weight excluding hydrogens is 516 g/mol. The Morgan fingerprint density at radius 1 is 0.952 bits per heavy atom. The molecule has 0 heterocycles. The Kier molecular flexibility index (Phi) is 9.16. The van der Waals surface area contributed by atoms with Crippen LogP contribution in [0.5, 0.6) is 5.75 Å². The number of allylic oxidation sites excluding steroid dienone is 3. The molecule has 0 aliphatic heterocycles. The molecule has 0 amide bonds. The number of fused-ring (bicyclic) bond motifs is 5. The first-order chi connectivity index (χ1) is 19.9. The maximum atomic E-state index is 6.56. The fraction of sp³-hybridized carbons (Fsp3) is 0.737. The molecule has 4 nitrogen and oxygen atoms in total. The highest BCUT2D eigenvalue weighted by Gasteiger charge is 2.61. The van der Waals surface area contributed by atoms with Crippen molar-refractivity contribution in [1.82, 2.24) is 0 Å². The average Bonchev–Trinajstić information content (AvgIpc) is 3.26. The van der Waals surface area contributed by atoms with Crippen LogP contribution in [-0.4, -0.2) is 19.3 Å². The van der Waals surface area contributed by atoms with E-state index in [1.54, 1.807) is 11.6 Å². The second kappa shape index (κ2) is 12.2. The molecule has 4 aliphatic carbocycles. The Balaban J connectivity index is 1.22. The third-order valence-electron chi connectivity index (χ3n) is 12.7. The van der Waals surface area contributed by atoms with Crippen LogP contribution in [0.4, 0.5) is 11.4 Å². The zero-order valence-electron chi connectivity index (χ0n) is 27.8. The normalized spacial score (nSPS) is 35.8. The number of nitrogens with two attached hydrogens (primary N) is 2. The van der Waals surface area contributed by atoms with Gasteiger partial charge in [0.1, 0.15) is 12.4 Å². The topological polar surface area (TPSA) is 70.5 Å². The zero-order valence-corrected chi connectivity index (χ0v) is 27.8. The zero-order chi connectivity index (χ0) is 30.3. The van der Waals surface area contributed by atoms with Crippen LogP contribution in [0.3, 0.4) is 0 Å². The number of benzene rings is 1. The number of nitrogen functional groups attached to an aromatic ring is 2. The number of ether oxygens (including phenoxy) is 2. The minimum absolute atomic E-state index is 0.0400. The first-order valence-electron chi connectivity index (χ1n) is 17.1. The number of hydrogen-bond donors (Lipinski definition) is 2. The summed E-state index contributed by atoms with van der Waals surface area (Å²) >= 11 is 0. The molecule has 3 fully saturated rings. The van der Waals surface area contributed by atoms with Gasteiger partial charge in [0, 0.05) is 28.9 Å². The maximum absolute atomic E-state index is 6.56. The van der Waals surface area contributed by atoms with E-state index < -0.39 is 0 Å². The lowest BCUT2D eigenvalue weighted by molar-refractivity contribution is -0.0977. The summed E-state index contributed by atoms with van der Waals surface area (Å²) in [6, 6.07) is 5.40. The van der Waals surface area contributed by atoms with Gasteiger partial charge in [-0.05, 0) is 118 Å². The quantitative estimate of drug-likeness (QED) is 0.165. The molecule has 4 heteroatoms. The summed E-state index contributed by atoms with van der Waals surface area (Å²) in [4.78, 5) is 0. The lowest BCUT2D eigenvalue weighted by Gasteiger charge is -2.61. The van der Waals surface area contributed by atoms with Crippen molar-refractivity contribution in [1.29, 1.82) is 0 Å². The Bertz CT molecular complexity index is 1150. The van der Waals surface area contributed by atoms with Gasteiger partial charge in [0.05, 0.1) is 12.7 Å². The molecule has 8 atom stereocenters. The number of unbranched alkanes of at least 4 members (excludes halogenated alkanes) is 1. The average molecular weight is 577 g/mol. The first-order valence-corrected chi connectivity index (χ1v) is 17.1. The summed E-state index contributed by atoms with van der Waals surface area (Å²) in [6.07, 6.45) is 18.7. The molecule has 0 radical (unpaired) electrons. The van der Waals surface area contributed by atoms with Gasteiger partial charge in [-0.1, -0.05) is 64.3 Å². The molecule has 4 aliphatic rings. The van der Waals surface area contributed by atoms with Gasteiger partial charge < -0.3 is 20.9 Å². The van der Waals surface area contributed by atoms with Crippen LogP contribution >= 0.6 is 0 Å². The largest absolute Gasteiger partial charge is 0.491 e. The molecule has 0 aromatic heterocycles. The summed E-state index contributed by atoms with van der Waals surface area (Å²) in [6.45, 7) is 18.3. The third-order valence-corrected chi connectivity index (χ3v) is 12.7. The lowest BCUT2D eigenvalue weighted by atomic mass is 9.44. The highest BCUT2D eigenvalue weighted by molar-refractivity contribution is 5.56. The number of hydrogen-bond acceptors (Lipinski definition) is 4. The van der Waals surface area contributed by atoms with Crippen molar-refractivity contribution in [3.63, 3.8) is 0 Å². The smallest absolute Gasteiger partial charge is 0.123 e. The molecule has 5 rings (SSSR count). The fourth-order valence-electron chi connectivity index (χ4n) is 10.8. The van der Waals surface area contributed by atoms with Gasteiger partial charge in [0.2, 0.25) is 0 Å². The summed E-state index contributed by atoms with van der Waals surface area (Å²) < 4.78 is 12.5. The van der Waals surface area contributed by atoms with Crippen LogP contribution < -0.4 is 16.2 Å². The predicted octanol–water partition coefficient (Wildman–Crippen LogP) is 9.60. The number of anilines is 2. The maximum Gasteiger partial charge on any atom is 0.123 e. The monoisotopic (exact) mass is 576 g/mol. The van der Waals surface area contributed by atoms with E-state index in [0.717, 1.165) is 36.0 Å². The van der Waals surface area contributed by atoms with Crippen molar-refractivity contribution in [2.75, 3.05) is 24.7 Å². The highest BCUT2D eigenvalue weighted by atomic mass is 16.5. The van der Waals surface area contributed by atoms with E-state index in [2.05, 4.69) is 60.6 Å². The summed E-state index contributed by atoms with van der Waals surface area (Å²) in [5, 5.41) is 0.